The summed E-state index contributed by atoms with van der Waals surface area (Å²) in [4.78, 5) is 0. The standard InChI is InChI=1S/C12H14Cl2N4/c1-7-8(6-18(2)17-7)5-16-12-10(13)3-9(15)4-11(12)14/h3-4,6,16H,5,15H2,1-2H3. The molecule has 0 fully saturated rings. The van der Waals surface area contributed by atoms with Crippen LogP contribution in [0.1, 0.15) is 11.3 Å². The van der Waals surface area contributed by atoms with Crippen LogP contribution in [0, 0.1) is 6.92 Å². The second kappa shape index (κ2) is 5.08. The van der Waals surface area contributed by atoms with E-state index in [9.17, 15) is 0 Å². The van der Waals surface area contributed by atoms with Crippen molar-refractivity contribution in [3.05, 3.63) is 39.6 Å². The van der Waals surface area contributed by atoms with Gasteiger partial charge in [0.2, 0.25) is 0 Å². The maximum atomic E-state index is 6.10. The van der Waals surface area contributed by atoms with Gasteiger partial charge in [-0.1, -0.05) is 23.2 Å². The largest absolute Gasteiger partial charge is 0.399 e. The Balaban J connectivity index is 2.18. The van der Waals surface area contributed by atoms with E-state index in [0.717, 1.165) is 11.3 Å². The van der Waals surface area contributed by atoms with Crippen molar-refractivity contribution in [2.24, 2.45) is 7.05 Å². The molecule has 0 radical (unpaired) electrons. The molecule has 3 N–H and O–H groups in total. The van der Waals surface area contributed by atoms with Gasteiger partial charge < -0.3 is 11.1 Å². The minimum absolute atomic E-state index is 0.515. The topological polar surface area (TPSA) is 55.9 Å². The van der Waals surface area contributed by atoms with Crippen molar-refractivity contribution in [3.63, 3.8) is 0 Å². The fourth-order valence-electron chi connectivity index (χ4n) is 1.77. The SMILES string of the molecule is Cc1nn(C)cc1CNc1c(Cl)cc(N)cc1Cl. The number of hydrogen-bond donors (Lipinski definition) is 2. The summed E-state index contributed by atoms with van der Waals surface area (Å²) < 4.78 is 1.78. The first-order chi connectivity index (χ1) is 8.47. The number of aryl methyl sites for hydroxylation is 2. The van der Waals surface area contributed by atoms with Crippen LogP contribution in [0.2, 0.25) is 10.0 Å². The van der Waals surface area contributed by atoms with Gasteiger partial charge in [0, 0.05) is 31.0 Å². The van der Waals surface area contributed by atoms with Crippen molar-refractivity contribution in [3.8, 4) is 0 Å². The number of anilines is 2. The molecule has 6 heteroatoms. The highest BCUT2D eigenvalue weighted by atomic mass is 35.5. The number of halogens is 2. The lowest BCUT2D eigenvalue weighted by Gasteiger charge is -2.10. The highest BCUT2D eigenvalue weighted by Crippen LogP contribution is 2.33. The lowest BCUT2D eigenvalue weighted by molar-refractivity contribution is 0.756. The Kier molecular flexibility index (Phi) is 3.68. The van der Waals surface area contributed by atoms with Gasteiger partial charge in [-0.15, -0.1) is 0 Å². The fraction of sp³-hybridized carbons (Fsp3) is 0.250. The zero-order chi connectivity index (χ0) is 13.3. The van der Waals surface area contributed by atoms with Crippen LogP contribution in [0.4, 0.5) is 11.4 Å². The molecule has 2 rings (SSSR count). The summed E-state index contributed by atoms with van der Waals surface area (Å²) in [5, 5.41) is 8.51. The molecule has 0 aliphatic carbocycles. The van der Waals surface area contributed by atoms with E-state index in [0.29, 0.717) is 28.0 Å². The quantitative estimate of drug-likeness (QED) is 0.851. The van der Waals surface area contributed by atoms with Gasteiger partial charge in [-0.25, -0.2) is 0 Å². The summed E-state index contributed by atoms with van der Waals surface area (Å²) in [6.45, 7) is 2.58. The van der Waals surface area contributed by atoms with Crippen molar-refractivity contribution < 1.29 is 0 Å². The molecule has 0 saturated carbocycles. The Morgan fingerprint density at radius 3 is 2.44 bits per heavy atom. The number of nitrogen functional groups attached to an aromatic ring is 1. The number of nitrogens with two attached hydrogens (primary N) is 1. The van der Waals surface area contributed by atoms with Crippen LogP contribution in [-0.4, -0.2) is 9.78 Å². The fourth-order valence-corrected chi connectivity index (χ4v) is 2.41. The van der Waals surface area contributed by atoms with E-state index in [1.54, 1.807) is 16.8 Å². The molecule has 0 saturated heterocycles. The van der Waals surface area contributed by atoms with E-state index in [4.69, 9.17) is 28.9 Å². The van der Waals surface area contributed by atoms with Gasteiger partial charge in [0.1, 0.15) is 0 Å². The first kappa shape index (κ1) is 13.1. The summed E-state index contributed by atoms with van der Waals surface area (Å²) in [6, 6.07) is 3.34. The van der Waals surface area contributed by atoms with E-state index >= 15 is 0 Å². The van der Waals surface area contributed by atoms with Gasteiger partial charge in [0.05, 0.1) is 21.4 Å². The summed E-state index contributed by atoms with van der Waals surface area (Å²) in [6.07, 6.45) is 1.96. The normalized spacial score (nSPS) is 10.7. The van der Waals surface area contributed by atoms with E-state index in [2.05, 4.69) is 10.4 Å². The molecule has 0 amide bonds. The first-order valence-corrected chi connectivity index (χ1v) is 6.20. The van der Waals surface area contributed by atoms with Crippen LogP contribution < -0.4 is 11.1 Å². The predicted octanol–water partition coefficient (Wildman–Crippen LogP) is 3.23. The van der Waals surface area contributed by atoms with Gasteiger partial charge in [-0.2, -0.15) is 5.10 Å². The molecule has 0 atom stereocenters. The molecule has 96 valence electrons. The number of benzene rings is 1. The molecule has 4 nitrogen and oxygen atoms in total. The second-order valence-electron chi connectivity index (χ2n) is 4.13. The van der Waals surface area contributed by atoms with Crippen molar-refractivity contribution in [2.45, 2.75) is 13.5 Å². The maximum Gasteiger partial charge on any atom is 0.0723 e. The van der Waals surface area contributed by atoms with Gasteiger partial charge in [0.15, 0.2) is 0 Å². The molecule has 0 bridgehead atoms. The predicted molar refractivity (Wildman–Crippen MR) is 76.1 cm³/mol. The number of nitrogens with zero attached hydrogens (tertiary/aromatic N) is 2. The summed E-state index contributed by atoms with van der Waals surface area (Å²) >= 11 is 12.2. The molecule has 1 aromatic heterocycles. The van der Waals surface area contributed by atoms with Crippen LogP contribution >= 0.6 is 23.2 Å². The van der Waals surface area contributed by atoms with Crippen LogP contribution in [-0.2, 0) is 13.6 Å². The Labute approximate surface area is 116 Å². The Hall–Kier alpha value is -1.39. The van der Waals surface area contributed by atoms with Crippen molar-refractivity contribution in [1.29, 1.82) is 0 Å². The second-order valence-corrected chi connectivity index (χ2v) is 4.94. The van der Waals surface area contributed by atoms with Gasteiger partial charge in [0.25, 0.3) is 0 Å². The third kappa shape index (κ3) is 2.71. The minimum Gasteiger partial charge on any atom is -0.399 e. The van der Waals surface area contributed by atoms with Crippen LogP contribution in [0.15, 0.2) is 18.3 Å². The highest BCUT2D eigenvalue weighted by molar-refractivity contribution is 6.39. The van der Waals surface area contributed by atoms with Gasteiger partial charge in [-0.3, -0.25) is 4.68 Å². The van der Waals surface area contributed by atoms with Crippen LogP contribution in [0.25, 0.3) is 0 Å². The van der Waals surface area contributed by atoms with E-state index in [1.807, 2.05) is 20.2 Å². The molecule has 0 aliphatic heterocycles. The van der Waals surface area contributed by atoms with Crippen molar-refractivity contribution >= 4 is 34.6 Å². The Morgan fingerprint density at radius 2 is 1.94 bits per heavy atom. The Morgan fingerprint density at radius 1 is 1.33 bits per heavy atom. The molecule has 0 unspecified atom stereocenters. The molecular weight excluding hydrogens is 271 g/mol. The van der Waals surface area contributed by atoms with Crippen molar-refractivity contribution in [1.82, 2.24) is 9.78 Å². The third-order valence-electron chi connectivity index (χ3n) is 2.64. The molecule has 1 heterocycles. The number of aromatic nitrogens is 2. The highest BCUT2D eigenvalue weighted by Gasteiger charge is 2.09. The molecule has 0 spiro atoms. The first-order valence-electron chi connectivity index (χ1n) is 5.45. The maximum absolute atomic E-state index is 6.10. The average Bonchev–Trinajstić information content (AvgIpc) is 2.55. The molecule has 0 aliphatic rings. The van der Waals surface area contributed by atoms with E-state index in [-0.39, 0.29) is 0 Å². The van der Waals surface area contributed by atoms with E-state index in [1.165, 1.54) is 0 Å². The lowest BCUT2D eigenvalue weighted by atomic mass is 10.2. The van der Waals surface area contributed by atoms with Crippen LogP contribution in [0.5, 0.6) is 0 Å². The monoisotopic (exact) mass is 284 g/mol. The molecule has 18 heavy (non-hydrogen) atoms. The summed E-state index contributed by atoms with van der Waals surface area (Å²) in [5.74, 6) is 0. The summed E-state index contributed by atoms with van der Waals surface area (Å²) in [7, 11) is 1.89. The van der Waals surface area contributed by atoms with Gasteiger partial charge in [-0.05, 0) is 19.1 Å². The minimum atomic E-state index is 0.515. The zero-order valence-electron chi connectivity index (χ0n) is 10.2. The summed E-state index contributed by atoms with van der Waals surface area (Å²) in [5.41, 5.74) is 8.97. The number of rotatable bonds is 3. The number of nitrogens with one attached hydrogen (secondary N) is 1. The van der Waals surface area contributed by atoms with Crippen molar-refractivity contribution in [2.75, 3.05) is 11.1 Å². The van der Waals surface area contributed by atoms with Crippen LogP contribution in [0.3, 0.4) is 0 Å². The number of hydrogen-bond acceptors (Lipinski definition) is 3. The third-order valence-corrected chi connectivity index (χ3v) is 3.23. The molecule has 2 aromatic rings. The van der Waals surface area contributed by atoms with E-state index < -0.39 is 0 Å². The molecule has 1 aromatic carbocycles. The van der Waals surface area contributed by atoms with Gasteiger partial charge >= 0.3 is 0 Å². The molecular formula is C12H14Cl2N4. The zero-order valence-corrected chi connectivity index (χ0v) is 11.7. The lowest BCUT2D eigenvalue weighted by Crippen LogP contribution is -2.01. The Bertz CT molecular complexity index is 554. The average molecular weight is 285 g/mol. The smallest absolute Gasteiger partial charge is 0.0723 e.